The molecule has 11 atom stereocenters. The number of ether oxygens (including phenoxy) is 2. The van der Waals surface area contributed by atoms with E-state index in [1.54, 1.807) is 0 Å². The van der Waals surface area contributed by atoms with Crippen LogP contribution in [0.3, 0.4) is 0 Å². The van der Waals surface area contributed by atoms with E-state index in [2.05, 4.69) is 51.4 Å². The normalized spacial score (nSPS) is 47.4. The van der Waals surface area contributed by atoms with Crippen molar-refractivity contribution >= 4 is 17.8 Å². The van der Waals surface area contributed by atoms with Crippen molar-refractivity contribution in [3.8, 4) is 0 Å². The van der Waals surface area contributed by atoms with Gasteiger partial charge in [-0.15, -0.1) is 0 Å². The molecule has 0 spiro atoms. The third-order valence-electron chi connectivity index (χ3n) is 15.5. The number of nitrogens with zero attached hydrogens (tertiary/aromatic N) is 1. The maximum atomic E-state index is 14.6. The number of rotatable bonds is 5. The first kappa shape index (κ1) is 33.0. The maximum Gasteiger partial charge on any atom is 0.302 e. The predicted octanol–water partition coefficient (Wildman–Crippen LogP) is 6.55. The molecule has 1 amide bonds. The number of carbonyl (C=O) groups is 3. The van der Waals surface area contributed by atoms with Gasteiger partial charge in [-0.2, -0.15) is 0 Å². The van der Waals surface area contributed by atoms with Crippen molar-refractivity contribution in [2.75, 3.05) is 32.8 Å². The molecule has 1 heterocycles. The molecule has 6 aliphatic rings. The smallest absolute Gasteiger partial charge is 0.302 e. The predicted molar refractivity (Wildman–Crippen MR) is 175 cm³/mol. The van der Waals surface area contributed by atoms with Gasteiger partial charge in [0.2, 0.25) is 5.91 Å². The lowest BCUT2D eigenvalue weighted by atomic mass is 9.32. The first-order valence-electron chi connectivity index (χ1n) is 18.1. The van der Waals surface area contributed by atoms with Gasteiger partial charge in [0, 0.05) is 45.4 Å². The molecule has 7 heteroatoms. The van der Waals surface area contributed by atoms with E-state index in [1.807, 2.05) is 0 Å². The highest BCUT2D eigenvalue weighted by molar-refractivity contribution is 5.84. The molecule has 0 bridgehead atoms. The molecule has 1 saturated heterocycles. The first-order chi connectivity index (χ1) is 21.1. The zero-order valence-corrected chi connectivity index (χ0v) is 29.3. The molecule has 0 radical (unpaired) electrons. The minimum Gasteiger partial charge on any atom is -0.465 e. The SMILES string of the molecule is C=C(C)[C@@H]1CC[C@]2(C(=O)N3CCNCC3)CC[C@]3(C)C(CCC4[C@@]5(C)CC[C@H](OC(C)=O)[C@@](C)(COC(C)=O)C5CC[C@]43C)C12. The van der Waals surface area contributed by atoms with Crippen molar-refractivity contribution in [3.05, 3.63) is 12.2 Å². The van der Waals surface area contributed by atoms with Crippen molar-refractivity contribution in [2.24, 2.45) is 56.7 Å². The van der Waals surface area contributed by atoms with Gasteiger partial charge in [0.15, 0.2) is 0 Å². The third kappa shape index (κ3) is 4.78. The van der Waals surface area contributed by atoms with E-state index in [4.69, 9.17) is 9.47 Å². The number of piperazine rings is 1. The summed E-state index contributed by atoms with van der Waals surface area (Å²) in [5.74, 6) is 2.03. The molecule has 45 heavy (non-hydrogen) atoms. The number of hydrogen-bond donors (Lipinski definition) is 1. The molecule has 6 rings (SSSR count). The Balaban J connectivity index is 1.35. The van der Waals surface area contributed by atoms with Gasteiger partial charge in [0.05, 0.1) is 5.41 Å². The fourth-order valence-electron chi connectivity index (χ4n) is 13.3. The summed E-state index contributed by atoms with van der Waals surface area (Å²) < 4.78 is 11.7. The number of carbonyl (C=O) groups excluding carboxylic acids is 3. The van der Waals surface area contributed by atoms with Crippen LogP contribution < -0.4 is 5.32 Å². The fraction of sp³-hybridized carbons (Fsp3) is 0.868. The van der Waals surface area contributed by atoms with Crippen molar-refractivity contribution in [1.29, 1.82) is 0 Å². The van der Waals surface area contributed by atoms with Crippen LogP contribution in [-0.2, 0) is 23.9 Å². The molecule has 6 fully saturated rings. The summed E-state index contributed by atoms with van der Waals surface area (Å²) in [7, 11) is 0. The van der Waals surface area contributed by atoms with Crippen molar-refractivity contribution in [1.82, 2.24) is 10.2 Å². The Hall–Kier alpha value is -1.89. The van der Waals surface area contributed by atoms with Crippen LogP contribution in [-0.4, -0.2) is 61.6 Å². The van der Waals surface area contributed by atoms with Crippen molar-refractivity contribution in [3.63, 3.8) is 0 Å². The highest BCUT2D eigenvalue weighted by atomic mass is 16.6. The molecule has 252 valence electrons. The summed E-state index contributed by atoms with van der Waals surface area (Å²) in [6.45, 7) is 23.4. The van der Waals surface area contributed by atoms with Gasteiger partial charge in [-0.1, -0.05) is 39.8 Å². The molecule has 0 aromatic heterocycles. The Labute approximate surface area is 272 Å². The molecule has 7 nitrogen and oxygen atoms in total. The molecule has 1 N–H and O–H groups in total. The van der Waals surface area contributed by atoms with Crippen LogP contribution in [0.15, 0.2) is 12.2 Å². The number of hydrogen-bond acceptors (Lipinski definition) is 6. The second-order valence-corrected chi connectivity index (χ2v) is 17.3. The number of fused-ring (bicyclic) bond motifs is 7. The zero-order chi connectivity index (χ0) is 32.6. The number of allylic oxidation sites excluding steroid dienone is 1. The third-order valence-corrected chi connectivity index (χ3v) is 15.5. The van der Waals surface area contributed by atoms with Crippen LogP contribution in [0.5, 0.6) is 0 Å². The summed E-state index contributed by atoms with van der Waals surface area (Å²) in [6.07, 6.45) is 10.3. The van der Waals surface area contributed by atoms with Crippen LogP contribution in [0.2, 0.25) is 0 Å². The molecule has 5 saturated carbocycles. The van der Waals surface area contributed by atoms with E-state index in [1.165, 1.54) is 25.8 Å². The van der Waals surface area contributed by atoms with Crippen LogP contribution in [0, 0.1) is 56.7 Å². The van der Waals surface area contributed by atoms with E-state index in [0.717, 1.165) is 84.0 Å². The molecule has 0 aromatic carbocycles. The van der Waals surface area contributed by atoms with Gasteiger partial charge < -0.3 is 19.7 Å². The van der Waals surface area contributed by atoms with Crippen molar-refractivity contribution < 1.29 is 23.9 Å². The average Bonchev–Trinajstić information content (AvgIpc) is 3.39. The lowest BCUT2D eigenvalue weighted by Gasteiger charge is -2.73. The monoisotopic (exact) mass is 624 g/mol. The van der Waals surface area contributed by atoms with Gasteiger partial charge in [0.25, 0.3) is 0 Å². The Morgan fingerprint density at radius 1 is 0.800 bits per heavy atom. The minimum absolute atomic E-state index is 0.0567. The zero-order valence-electron chi connectivity index (χ0n) is 29.3. The van der Waals surface area contributed by atoms with Crippen LogP contribution in [0.25, 0.3) is 0 Å². The molecule has 1 aliphatic heterocycles. The van der Waals surface area contributed by atoms with Crippen LogP contribution in [0.1, 0.15) is 113 Å². The molecule has 5 aliphatic carbocycles. The largest absolute Gasteiger partial charge is 0.465 e. The number of nitrogens with one attached hydrogen (secondary N) is 1. The Kier molecular flexibility index (Phi) is 8.35. The first-order valence-corrected chi connectivity index (χ1v) is 18.1. The minimum atomic E-state index is -0.419. The summed E-state index contributed by atoms with van der Waals surface area (Å²) in [6, 6.07) is 0. The average molecular weight is 625 g/mol. The fourth-order valence-corrected chi connectivity index (χ4v) is 13.3. The van der Waals surface area contributed by atoms with E-state index < -0.39 is 5.41 Å². The summed E-state index contributed by atoms with van der Waals surface area (Å²) in [4.78, 5) is 41.1. The van der Waals surface area contributed by atoms with E-state index >= 15 is 0 Å². The molecule has 0 aromatic rings. The molecular formula is C38H60N2O5. The maximum absolute atomic E-state index is 14.6. The van der Waals surface area contributed by atoms with E-state index in [0.29, 0.717) is 42.1 Å². The van der Waals surface area contributed by atoms with Gasteiger partial charge in [-0.25, -0.2) is 0 Å². The molecule has 4 unspecified atom stereocenters. The van der Waals surface area contributed by atoms with Crippen molar-refractivity contribution in [2.45, 2.75) is 119 Å². The summed E-state index contributed by atoms with van der Waals surface area (Å²) in [5.41, 5.74) is 0.939. The topological polar surface area (TPSA) is 84.9 Å². The van der Waals surface area contributed by atoms with Gasteiger partial charge in [0.1, 0.15) is 12.7 Å². The second-order valence-electron chi connectivity index (χ2n) is 17.3. The Morgan fingerprint density at radius 2 is 1.51 bits per heavy atom. The van der Waals surface area contributed by atoms with Crippen LogP contribution >= 0.6 is 0 Å². The second kappa shape index (κ2) is 11.4. The van der Waals surface area contributed by atoms with Gasteiger partial charge in [-0.3, -0.25) is 14.4 Å². The highest BCUT2D eigenvalue weighted by Gasteiger charge is 2.72. The van der Waals surface area contributed by atoms with E-state index in [9.17, 15) is 14.4 Å². The number of esters is 2. The summed E-state index contributed by atoms with van der Waals surface area (Å²) in [5, 5.41) is 3.44. The quantitative estimate of drug-likeness (QED) is 0.276. The standard InChI is InChI=1S/C38H60N2O5/c1-24(2)27-11-16-38(33(43)40-21-19-39-20-22-40)18-17-36(7)28(32(27)38)9-10-30-34(5)14-13-31(45-26(4)42)35(6,23-44-25(3)41)29(34)12-15-37(30,36)8/h27-32,39H,1,9-23H2,2-8H3/t27-,28?,29?,30?,31-,32?,34-,35-,36+,37+,38-/m0/s1. The highest BCUT2D eigenvalue weighted by Crippen LogP contribution is 2.77. The van der Waals surface area contributed by atoms with Gasteiger partial charge >= 0.3 is 11.9 Å². The molecular weight excluding hydrogens is 564 g/mol. The lowest BCUT2D eigenvalue weighted by molar-refractivity contribution is -0.257. The van der Waals surface area contributed by atoms with Gasteiger partial charge in [-0.05, 0) is 117 Å². The lowest BCUT2D eigenvalue weighted by Crippen LogP contribution is -2.68. The summed E-state index contributed by atoms with van der Waals surface area (Å²) >= 11 is 0. The Bertz CT molecular complexity index is 1230. The van der Waals surface area contributed by atoms with E-state index in [-0.39, 0.29) is 39.7 Å². The Morgan fingerprint density at radius 3 is 2.16 bits per heavy atom. The van der Waals surface area contributed by atoms with Crippen LogP contribution in [0.4, 0.5) is 0 Å². The number of amides is 1.